The summed E-state index contributed by atoms with van der Waals surface area (Å²) in [6, 6.07) is 6.04. The molecule has 3 rings (SSSR count). The molecule has 0 spiro atoms. The fourth-order valence-electron chi connectivity index (χ4n) is 3.63. The molecule has 1 aromatic rings. The number of pyridine rings is 1. The molecule has 2 unspecified atom stereocenters. The minimum Gasteiger partial charge on any atom is -0.316 e. The number of hydrogen-bond donors (Lipinski definition) is 1. The van der Waals surface area contributed by atoms with Crippen molar-refractivity contribution in [1.29, 1.82) is 5.26 Å². The minimum absolute atomic E-state index is 0.226. The molecule has 100 valence electrons. The molecule has 19 heavy (non-hydrogen) atoms. The number of hydrogen-bond acceptors (Lipinski definition) is 4. The van der Waals surface area contributed by atoms with Crippen LogP contribution in [0.15, 0.2) is 18.3 Å². The molecule has 0 amide bonds. The molecule has 0 aliphatic carbocycles. The maximum atomic E-state index is 8.92. The Labute approximate surface area is 114 Å². The number of nitrogens with zero attached hydrogens (tertiary/aromatic N) is 3. The van der Waals surface area contributed by atoms with Crippen molar-refractivity contribution in [3.05, 3.63) is 29.6 Å². The highest BCUT2D eigenvalue weighted by atomic mass is 15.2. The number of rotatable bonds is 2. The van der Waals surface area contributed by atoms with E-state index in [2.05, 4.69) is 35.1 Å². The Morgan fingerprint density at radius 1 is 1.53 bits per heavy atom. The summed E-state index contributed by atoms with van der Waals surface area (Å²) in [7, 11) is 0. The van der Waals surface area contributed by atoms with E-state index in [0.29, 0.717) is 5.69 Å². The van der Waals surface area contributed by atoms with Crippen molar-refractivity contribution < 1.29 is 0 Å². The Morgan fingerprint density at radius 3 is 3.11 bits per heavy atom. The van der Waals surface area contributed by atoms with Crippen LogP contribution in [-0.2, 0) is 6.54 Å². The van der Waals surface area contributed by atoms with Crippen LogP contribution in [0.5, 0.6) is 0 Å². The molecule has 0 bridgehead atoms. The van der Waals surface area contributed by atoms with Gasteiger partial charge in [-0.2, -0.15) is 5.26 Å². The largest absolute Gasteiger partial charge is 0.316 e. The van der Waals surface area contributed by atoms with E-state index in [-0.39, 0.29) is 5.54 Å². The fourth-order valence-corrected chi connectivity index (χ4v) is 3.63. The first-order valence-electron chi connectivity index (χ1n) is 6.92. The van der Waals surface area contributed by atoms with E-state index in [1.165, 1.54) is 5.56 Å². The van der Waals surface area contributed by atoms with Crippen molar-refractivity contribution in [1.82, 2.24) is 15.2 Å². The second kappa shape index (κ2) is 4.59. The van der Waals surface area contributed by atoms with Gasteiger partial charge in [-0.1, -0.05) is 0 Å². The molecule has 2 saturated heterocycles. The van der Waals surface area contributed by atoms with E-state index in [9.17, 15) is 0 Å². The third-order valence-electron chi connectivity index (χ3n) is 4.83. The molecule has 0 radical (unpaired) electrons. The van der Waals surface area contributed by atoms with E-state index in [1.54, 1.807) is 6.20 Å². The zero-order valence-electron chi connectivity index (χ0n) is 11.6. The quantitative estimate of drug-likeness (QED) is 0.868. The second-order valence-corrected chi connectivity index (χ2v) is 6.22. The lowest BCUT2D eigenvalue weighted by atomic mass is 9.85. The third kappa shape index (κ3) is 2.13. The fraction of sp³-hybridized carbons (Fsp3) is 0.600. The molecule has 1 N–H and O–H groups in total. The Bertz CT molecular complexity index is 517. The minimum atomic E-state index is 0.226. The smallest absolute Gasteiger partial charge is 0.140 e. The summed E-state index contributed by atoms with van der Waals surface area (Å²) < 4.78 is 0. The van der Waals surface area contributed by atoms with Gasteiger partial charge in [-0.3, -0.25) is 4.90 Å². The van der Waals surface area contributed by atoms with Crippen molar-refractivity contribution in [3.8, 4) is 6.07 Å². The van der Waals surface area contributed by atoms with Gasteiger partial charge in [0.15, 0.2) is 0 Å². The van der Waals surface area contributed by atoms with Gasteiger partial charge in [0.05, 0.1) is 0 Å². The number of nitriles is 1. The first-order chi connectivity index (χ1) is 9.11. The first-order valence-corrected chi connectivity index (χ1v) is 6.92. The molecule has 2 fully saturated rings. The summed E-state index contributed by atoms with van der Waals surface area (Å²) in [6.07, 6.45) is 1.74. The normalized spacial score (nSPS) is 29.1. The van der Waals surface area contributed by atoms with Crippen LogP contribution in [0, 0.1) is 23.2 Å². The van der Waals surface area contributed by atoms with Gasteiger partial charge in [0.25, 0.3) is 0 Å². The molecule has 4 heteroatoms. The van der Waals surface area contributed by atoms with Crippen molar-refractivity contribution in [3.63, 3.8) is 0 Å². The molecule has 4 nitrogen and oxygen atoms in total. The molecule has 3 heterocycles. The Kier molecular flexibility index (Phi) is 3.04. The molecule has 2 aliphatic rings. The zero-order chi connectivity index (χ0) is 13.5. The van der Waals surface area contributed by atoms with Crippen LogP contribution in [-0.4, -0.2) is 35.1 Å². The summed E-state index contributed by atoms with van der Waals surface area (Å²) >= 11 is 0. The van der Waals surface area contributed by atoms with Crippen molar-refractivity contribution in [2.45, 2.75) is 25.9 Å². The highest BCUT2D eigenvalue weighted by Gasteiger charge is 2.49. The highest BCUT2D eigenvalue weighted by molar-refractivity contribution is 5.25. The van der Waals surface area contributed by atoms with Crippen LogP contribution < -0.4 is 5.32 Å². The lowest BCUT2D eigenvalue weighted by Gasteiger charge is -2.35. The lowest BCUT2D eigenvalue weighted by Crippen LogP contribution is -2.43. The Hall–Kier alpha value is -1.44. The standard InChI is InChI=1S/C15H20N4/c1-15(2)14-8-17-7-12(14)10-19(15)9-11-3-4-18-13(5-11)6-16/h3-5,12,14,17H,7-10H2,1-2H3. The van der Waals surface area contributed by atoms with Gasteiger partial charge in [-0.05, 0) is 49.9 Å². The number of nitrogens with one attached hydrogen (secondary N) is 1. The van der Waals surface area contributed by atoms with Gasteiger partial charge < -0.3 is 5.32 Å². The van der Waals surface area contributed by atoms with E-state index in [1.807, 2.05) is 12.1 Å². The van der Waals surface area contributed by atoms with Crippen LogP contribution in [0.25, 0.3) is 0 Å². The van der Waals surface area contributed by atoms with Gasteiger partial charge in [0.2, 0.25) is 0 Å². The number of likely N-dealkylation sites (tertiary alicyclic amines) is 1. The predicted octanol–water partition coefficient (Wildman–Crippen LogP) is 1.38. The molecule has 2 atom stereocenters. The first kappa shape index (κ1) is 12.6. The molecule has 2 aliphatic heterocycles. The van der Waals surface area contributed by atoms with Crippen molar-refractivity contribution in [2.24, 2.45) is 11.8 Å². The van der Waals surface area contributed by atoms with Crippen molar-refractivity contribution in [2.75, 3.05) is 19.6 Å². The summed E-state index contributed by atoms with van der Waals surface area (Å²) in [5.74, 6) is 1.51. The monoisotopic (exact) mass is 256 g/mol. The van der Waals surface area contributed by atoms with Gasteiger partial charge in [-0.15, -0.1) is 0 Å². The van der Waals surface area contributed by atoms with E-state index >= 15 is 0 Å². The van der Waals surface area contributed by atoms with Crippen molar-refractivity contribution >= 4 is 0 Å². The molecule has 1 aromatic heterocycles. The van der Waals surface area contributed by atoms with E-state index in [0.717, 1.165) is 38.0 Å². The molecule has 0 saturated carbocycles. The topological polar surface area (TPSA) is 52.0 Å². The van der Waals surface area contributed by atoms with Gasteiger partial charge in [-0.25, -0.2) is 4.98 Å². The summed E-state index contributed by atoms with van der Waals surface area (Å²) in [4.78, 5) is 6.59. The van der Waals surface area contributed by atoms with Gasteiger partial charge in [0, 0.05) is 31.4 Å². The predicted molar refractivity (Wildman–Crippen MR) is 73.3 cm³/mol. The van der Waals surface area contributed by atoms with E-state index in [4.69, 9.17) is 5.26 Å². The average Bonchev–Trinajstić information content (AvgIpc) is 2.94. The maximum Gasteiger partial charge on any atom is 0.140 e. The summed E-state index contributed by atoms with van der Waals surface area (Å²) in [5, 5.41) is 12.4. The Balaban J connectivity index is 1.78. The lowest BCUT2D eigenvalue weighted by molar-refractivity contribution is 0.132. The SMILES string of the molecule is CC1(C)C2CNCC2CN1Cc1ccnc(C#N)c1. The Morgan fingerprint density at radius 2 is 2.37 bits per heavy atom. The number of fused-ring (bicyclic) bond motifs is 1. The summed E-state index contributed by atoms with van der Waals surface area (Å²) in [5.41, 5.74) is 1.92. The summed E-state index contributed by atoms with van der Waals surface area (Å²) in [6.45, 7) is 9.03. The maximum absolute atomic E-state index is 8.92. The van der Waals surface area contributed by atoms with Crippen LogP contribution in [0.4, 0.5) is 0 Å². The molecule has 0 aromatic carbocycles. The van der Waals surface area contributed by atoms with Crippen LogP contribution >= 0.6 is 0 Å². The zero-order valence-corrected chi connectivity index (χ0v) is 11.6. The van der Waals surface area contributed by atoms with Crippen LogP contribution in [0.2, 0.25) is 0 Å². The van der Waals surface area contributed by atoms with Crippen LogP contribution in [0.1, 0.15) is 25.1 Å². The average molecular weight is 256 g/mol. The van der Waals surface area contributed by atoms with E-state index < -0.39 is 0 Å². The van der Waals surface area contributed by atoms with Gasteiger partial charge in [0.1, 0.15) is 11.8 Å². The number of aromatic nitrogens is 1. The highest BCUT2D eigenvalue weighted by Crippen LogP contribution is 2.41. The molecular formula is C15H20N4. The third-order valence-corrected chi connectivity index (χ3v) is 4.83. The molecular weight excluding hydrogens is 236 g/mol. The van der Waals surface area contributed by atoms with Crippen LogP contribution in [0.3, 0.4) is 0 Å². The van der Waals surface area contributed by atoms with Gasteiger partial charge >= 0.3 is 0 Å². The second-order valence-electron chi connectivity index (χ2n) is 6.22.